The van der Waals surface area contributed by atoms with Crippen molar-refractivity contribution in [2.75, 3.05) is 5.32 Å². The Bertz CT molecular complexity index is 1240. The molecule has 4 aromatic rings. The molecular weight excluding hydrogens is 404 g/mol. The van der Waals surface area contributed by atoms with Crippen molar-refractivity contribution < 1.29 is 23.0 Å². The molecular formula is C23H17F2N3O3. The highest BCUT2D eigenvalue weighted by Crippen LogP contribution is 2.26. The number of nitrogens with one attached hydrogen (secondary N) is 2. The predicted molar refractivity (Wildman–Crippen MR) is 111 cm³/mol. The minimum Gasteiger partial charge on any atom is -0.455 e. The van der Waals surface area contributed by atoms with Crippen LogP contribution < -0.4 is 10.1 Å². The molecule has 3 aromatic carbocycles. The van der Waals surface area contributed by atoms with Crippen molar-refractivity contribution in [3.05, 3.63) is 96.1 Å². The van der Waals surface area contributed by atoms with Gasteiger partial charge in [-0.15, -0.1) is 0 Å². The Morgan fingerprint density at radius 1 is 1.00 bits per heavy atom. The molecule has 8 heteroatoms. The summed E-state index contributed by atoms with van der Waals surface area (Å²) in [5, 5.41) is 3.01. The third-order valence-corrected chi connectivity index (χ3v) is 4.69. The van der Waals surface area contributed by atoms with Crippen LogP contribution in [0, 0.1) is 11.6 Å². The highest BCUT2D eigenvalue weighted by molar-refractivity contribution is 5.79. The third kappa shape index (κ3) is 4.13. The number of rotatable bonds is 6. The fourth-order valence-electron chi connectivity index (χ4n) is 3.20. The van der Waals surface area contributed by atoms with Gasteiger partial charge in [-0.25, -0.2) is 13.8 Å². The standard InChI is InChI=1S/C23H17F2N3O3/c24-17-10-11-18-22(21(17)25)28-23(27-18)26-15-6-8-16(9-7-15)30-20-13-29-19(31-20)12-14-4-2-1-3-5-14/h1-11,13,19H,12H2,(H2,26,27,28). The van der Waals surface area contributed by atoms with Gasteiger partial charge in [0, 0.05) is 12.1 Å². The molecule has 2 heterocycles. The van der Waals surface area contributed by atoms with Crippen LogP contribution in [0.4, 0.5) is 20.4 Å². The number of imidazole rings is 1. The molecule has 0 saturated carbocycles. The highest BCUT2D eigenvalue weighted by atomic mass is 19.2. The first-order valence-corrected chi connectivity index (χ1v) is 9.59. The van der Waals surface area contributed by atoms with Gasteiger partial charge in [0.2, 0.25) is 12.2 Å². The second-order valence-electron chi connectivity index (χ2n) is 6.90. The largest absolute Gasteiger partial charge is 0.455 e. The summed E-state index contributed by atoms with van der Waals surface area (Å²) in [5.74, 6) is -0.796. The van der Waals surface area contributed by atoms with E-state index in [4.69, 9.17) is 14.2 Å². The molecule has 0 saturated heterocycles. The zero-order chi connectivity index (χ0) is 21.2. The van der Waals surface area contributed by atoms with Crippen LogP contribution in [0.2, 0.25) is 0 Å². The monoisotopic (exact) mass is 421 g/mol. The molecule has 1 aliphatic rings. The first-order chi connectivity index (χ1) is 15.1. The Morgan fingerprint density at radius 3 is 2.61 bits per heavy atom. The number of anilines is 2. The van der Waals surface area contributed by atoms with E-state index in [1.165, 1.54) is 12.3 Å². The Morgan fingerprint density at radius 2 is 1.81 bits per heavy atom. The van der Waals surface area contributed by atoms with E-state index in [2.05, 4.69) is 15.3 Å². The van der Waals surface area contributed by atoms with Crippen molar-refractivity contribution in [1.82, 2.24) is 9.97 Å². The molecule has 1 atom stereocenters. The molecule has 0 spiro atoms. The number of halogens is 2. The number of benzene rings is 3. The summed E-state index contributed by atoms with van der Waals surface area (Å²) in [6, 6.07) is 19.4. The number of ether oxygens (including phenoxy) is 3. The summed E-state index contributed by atoms with van der Waals surface area (Å²) < 4.78 is 44.0. The molecule has 6 nitrogen and oxygen atoms in total. The maximum Gasteiger partial charge on any atom is 0.324 e. The quantitative estimate of drug-likeness (QED) is 0.438. The zero-order valence-electron chi connectivity index (χ0n) is 16.1. The van der Waals surface area contributed by atoms with Crippen molar-refractivity contribution in [3.63, 3.8) is 0 Å². The van der Waals surface area contributed by atoms with Gasteiger partial charge in [0.15, 0.2) is 17.9 Å². The lowest BCUT2D eigenvalue weighted by Crippen LogP contribution is -2.13. The molecule has 0 fully saturated rings. The Kier molecular flexibility index (Phi) is 4.87. The maximum absolute atomic E-state index is 13.8. The highest BCUT2D eigenvalue weighted by Gasteiger charge is 2.21. The van der Waals surface area contributed by atoms with Crippen molar-refractivity contribution in [2.24, 2.45) is 0 Å². The molecule has 0 bridgehead atoms. The van der Waals surface area contributed by atoms with Gasteiger partial charge in [-0.2, -0.15) is 0 Å². The van der Waals surface area contributed by atoms with Gasteiger partial charge >= 0.3 is 5.95 Å². The Balaban J connectivity index is 1.19. The van der Waals surface area contributed by atoms with E-state index in [0.717, 1.165) is 11.6 Å². The Hall–Kier alpha value is -4.07. The van der Waals surface area contributed by atoms with Crippen molar-refractivity contribution in [1.29, 1.82) is 0 Å². The van der Waals surface area contributed by atoms with E-state index in [0.29, 0.717) is 29.3 Å². The van der Waals surface area contributed by atoms with Gasteiger partial charge in [-0.1, -0.05) is 30.3 Å². The van der Waals surface area contributed by atoms with E-state index < -0.39 is 17.9 Å². The van der Waals surface area contributed by atoms with E-state index in [-0.39, 0.29) is 11.5 Å². The molecule has 2 N–H and O–H groups in total. The minimum atomic E-state index is -0.983. The van der Waals surface area contributed by atoms with Crippen LogP contribution in [-0.2, 0) is 15.9 Å². The molecule has 0 aliphatic carbocycles. The maximum atomic E-state index is 13.8. The summed E-state index contributed by atoms with van der Waals surface area (Å²) >= 11 is 0. The Labute approximate surface area is 176 Å². The number of hydrogen-bond donors (Lipinski definition) is 2. The lowest BCUT2D eigenvalue weighted by Gasteiger charge is -2.12. The predicted octanol–water partition coefficient (Wildman–Crippen LogP) is 5.38. The normalized spacial score (nSPS) is 15.3. The summed E-state index contributed by atoms with van der Waals surface area (Å²) in [6.45, 7) is 0. The van der Waals surface area contributed by atoms with Crippen LogP contribution in [0.3, 0.4) is 0 Å². The lowest BCUT2D eigenvalue weighted by atomic mass is 10.1. The summed E-state index contributed by atoms with van der Waals surface area (Å²) in [6.07, 6.45) is 1.62. The first-order valence-electron chi connectivity index (χ1n) is 9.59. The van der Waals surface area contributed by atoms with Crippen LogP contribution in [-0.4, -0.2) is 16.3 Å². The lowest BCUT2D eigenvalue weighted by molar-refractivity contribution is -0.0519. The van der Waals surface area contributed by atoms with Gasteiger partial charge in [0.1, 0.15) is 11.3 Å². The van der Waals surface area contributed by atoms with E-state index in [1.54, 1.807) is 24.3 Å². The molecule has 0 amide bonds. The number of fused-ring (bicyclic) bond motifs is 1. The zero-order valence-corrected chi connectivity index (χ0v) is 16.1. The molecule has 1 aromatic heterocycles. The second-order valence-corrected chi connectivity index (χ2v) is 6.90. The summed E-state index contributed by atoms with van der Waals surface area (Å²) in [5.41, 5.74) is 2.13. The SMILES string of the molecule is Fc1ccc2[nH]c(Nc3ccc(OC4=COC(Cc5ccccc5)O4)cc3)nc2c1F. The number of aromatic nitrogens is 2. The van der Waals surface area contributed by atoms with Crippen LogP contribution in [0.5, 0.6) is 5.75 Å². The molecule has 1 aliphatic heterocycles. The van der Waals surface area contributed by atoms with Crippen LogP contribution >= 0.6 is 0 Å². The average Bonchev–Trinajstić information content (AvgIpc) is 3.40. The summed E-state index contributed by atoms with van der Waals surface area (Å²) in [4.78, 5) is 6.96. The van der Waals surface area contributed by atoms with Crippen LogP contribution in [0.25, 0.3) is 11.0 Å². The fourth-order valence-corrected chi connectivity index (χ4v) is 3.20. The second kappa shape index (κ2) is 7.98. The first kappa shape index (κ1) is 18.9. The van der Waals surface area contributed by atoms with Crippen molar-refractivity contribution in [2.45, 2.75) is 12.7 Å². The van der Waals surface area contributed by atoms with E-state index >= 15 is 0 Å². The number of hydrogen-bond acceptors (Lipinski definition) is 5. The van der Waals surface area contributed by atoms with Crippen LogP contribution in [0.1, 0.15) is 5.56 Å². The molecule has 0 radical (unpaired) electrons. The van der Waals surface area contributed by atoms with E-state index in [1.807, 2.05) is 30.3 Å². The molecule has 5 rings (SSSR count). The third-order valence-electron chi connectivity index (χ3n) is 4.69. The van der Waals surface area contributed by atoms with Gasteiger partial charge in [-0.05, 0) is 42.0 Å². The van der Waals surface area contributed by atoms with E-state index in [9.17, 15) is 8.78 Å². The van der Waals surface area contributed by atoms with Crippen molar-refractivity contribution >= 4 is 22.7 Å². The number of H-pyrrole nitrogens is 1. The van der Waals surface area contributed by atoms with Gasteiger partial charge in [0.25, 0.3) is 0 Å². The van der Waals surface area contributed by atoms with Gasteiger partial charge in [0.05, 0.1) is 5.52 Å². The molecule has 31 heavy (non-hydrogen) atoms. The van der Waals surface area contributed by atoms with Crippen molar-refractivity contribution in [3.8, 4) is 5.75 Å². The topological polar surface area (TPSA) is 68.4 Å². The number of aromatic amines is 1. The fraction of sp³-hybridized carbons (Fsp3) is 0.0870. The minimum absolute atomic E-state index is 0.0576. The smallest absolute Gasteiger partial charge is 0.324 e. The summed E-state index contributed by atoms with van der Waals surface area (Å²) in [7, 11) is 0. The molecule has 156 valence electrons. The molecule has 1 unspecified atom stereocenters. The van der Waals surface area contributed by atoms with Gasteiger partial charge < -0.3 is 24.5 Å². The average molecular weight is 421 g/mol. The number of nitrogens with zero attached hydrogens (tertiary/aromatic N) is 1. The van der Waals surface area contributed by atoms with Gasteiger partial charge in [-0.3, -0.25) is 0 Å². The van der Waals surface area contributed by atoms with Crippen LogP contribution in [0.15, 0.2) is 78.9 Å².